The first-order chi connectivity index (χ1) is 15.1. The number of piperidine rings is 1. The molecule has 1 fully saturated rings. The fraction of sp³-hybridized carbons (Fsp3) is 0.304. The van der Waals surface area contributed by atoms with E-state index in [-0.39, 0.29) is 23.7 Å². The van der Waals surface area contributed by atoms with Crippen molar-refractivity contribution in [1.29, 1.82) is 0 Å². The zero-order chi connectivity index (χ0) is 21.8. The highest BCUT2D eigenvalue weighted by atomic mass is 35.5. The highest BCUT2D eigenvalue weighted by molar-refractivity contribution is 6.30. The number of nitrogens with zero attached hydrogens (tertiary/aromatic N) is 3. The van der Waals surface area contributed by atoms with Crippen LogP contribution in [0.5, 0.6) is 0 Å². The molecule has 7 nitrogen and oxygen atoms in total. The Bertz CT molecular complexity index is 1080. The summed E-state index contributed by atoms with van der Waals surface area (Å²) in [5, 5.41) is 4.66. The summed E-state index contributed by atoms with van der Waals surface area (Å²) in [5.41, 5.74) is 1.77. The van der Waals surface area contributed by atoms with Crippen LogP contribution in [0, 0.1) is 5.92 Å². The maximum absolute atomic E-state index is 13.3. The summed E-state index contributed by atoms with van der Waals surface area (Å²) in [4.78, 5) is 31.6. The molecule has 0 spiro atoms. The molecule has 1 saturated heterocycles. The lowest BCUT2D eigenvalue weighted by atomic mass is 9.96. The molecule has 2 heterocycles. The van der Waals surface area contributed by atoms with Crippen LogP contribution in [0.4, 0.5) is 0 Å². The van der Waals surface area contributed by atoms with Crippen LogP contribution in [-0.4, -0.2) is 46.6 Å². The topological polar surface area (TPSA) is 85.5 Å². The van der Waals surface area contributed by atoms with E-state index in [1.165, 1.54) is 0 Å². The lowest BCUT2D eigenvalue weighted by Crippen LogP contribution is -2.43. The van der Waals surface area contributed by atoms with Crippen LogP contribution >= 0.6 is 11.6 Å². The van der Waals surface area contributed by atoms with Gasteiger partial charge in [0.05, 0.1) is 23.7 Å². The van der Waals surface area contributed by atoms with Crippen molar-refractivity contribution in [2.24, 2.45) is 5.92 Å². The number of halogens is 1. The van der Waals surface area contributed by atoms with Crippen molar-refractivity contribution in [2.75, 3.05) is 19.7 Å². The van der Waals surface area contributed by atoms with Crippen molar-refractivity contribution in [2.45, 2.75) is 19.8 Å². The molecule has 0 unspecified atom stereocenters. The van der Waals surface area contributed by atoms with Gasteiger partial charge >= 0.3 is 5.97 Å². The molecule has 1 aromatic heterocycles. The molecule has 0 bridgehead atoms. The van der Waals surface area contributed by atoms with Gasteiger partial charge in [-0.05, 0) is 56.2 Å². The number of amides is 1. The smallest absolute Gasteiger partial charge is 0.310 e. The van der Waals surface area contributed by atoms with Gasteiger partial charge in [0, 0.05) is 23.7 Å². The van der Waals surface area contributed by atoms with Crippen molar-refractivity contribution in [3.8, 4) is 22.8 Å². The molecule has 0 N–H and O–H groups in total. The molecule has 0 radical (unpaired) electrons. The van der Waals surface area contributed by atoms with Crippen LogP contribution in [0.25, 0.3) is 22.8 Å². The Morgan fingerprint density at radius 2 is 1.97 bits per heavy atom. The summed E-state index contributed by atoms with van der Waals surface area (Å²) in [5.74, 6) is -0.0551. The third-order valence-corrected chi connectivity index (χ3v) is 5.50. The van der Waals surface area contributed by atoms with Crippen molar-refractivity contribution in [1.82, 2.24) is 15.0 Å². The van der Waals surface area contributed by atoms with Gasteiger partial charge in [0.2, 0.25) is 5.82 Å². The van der Waals surface area contributed by atoms with E-state index in [1.807, 2.05) is 6.07 Å². The highest BCUT2D eigenvalue weighted by Crippen LogP contribution is 2.28. The monoisotopic (exact) mass is 439 g/mol. The molecule has 1 aliphatic rings. The van der Waals surface area contributed by atoms with E-state index in [0.717, 1.165) is 18.4 Å². The Kier molecular flexibility index (Phi) is 6.32. The minimum absolute atomic E-state index is 0.171. The Morgan fingerprint density at radius 1 is 1.19 bits per heavy atom. The minimum atomic E-state index is -0.301. The third-order valence-electron chi connectivity index (χ3n) is 5.24. The SMILES string of the molecule is CCOC(=O)[C@@H]1CCCN(C(=O)c2ccccc2-c2nc(-c3ccc(Cl)cc3)no2)C1. The van der Waals surface area contributed by atoms with Gasteiger partial charge in [-0.15, -0.1) is 0 Å². The molecule has 8 heteroatoms. The zero-order valence-corrected chi connectivity index (χ0v) is 17.8. The van der Waals surface area contributed by atoms with E-state index in [0.29, 0.717) is 41.7 Å². The van der Waals surface area contributed by atoms with Gasteiger partial charge in [0.1, 0.15) is 0 Å². The summed E-state index contributed by atoms with van der Waals surface area (Å²) >= 11 is 5.94. The van der Waals surface area contributed by atoms with Crippen molar-refractivity contribution in [3.63, 3.8) is 0 Å². The van der Waals surface area contributed by atoms with Gasteiger partial charge in [-0.1, -0.05) is 28.9 Å². The van der Waals surface area contributed by atoms with Gasteiger partial charge in [-0.2, -0.15) is 4.98 Å². The van der Waals surface area contributed by atoms with Gasteiger partial charge in [-0.3, -0.25) is 9.59 Å². The third kappa shape index (κ3) is 4.61. The van der Waals surface area contributed by atoms with Crippen LogP contribution in [0.2, 0.25) is 5.02 Å². The molecule has 0 aliphatic carbocycles. The second-order valence-corrected chi connectivity index (χ2v) is 7.75. The molecule has 2 aromatic carbocycles. The molecule has 4 rings (SSSR count). The Hall–Kier alpha value is -3.19. The summed E-state index contributed by atoms with van der Waals surface area (Å²) in [7, 11) is 0. The molecular weight excluding hydrogens is 418 g/mol. The van der Waals surface area contributed by atoms with Crippen molar-refractivity contribution in [3.05, 3.63) is 59.1 Å². The predicted octanol–water partition coefficient (Wildman–Crippen LogP) is 4.47. The van der Waals surface area contributed by atoms with E-state index in [4.69, 9.17) is 20.9 Å². The van der Waals surface area contributed by atoms with E-state index < -0.39 is 0 Å². The van der Waals surface area contributed by atoms with Crippen molar-refractivity contribution >= 4 is 23.5 Å². The largest absolute Gasteiger partial charge is 0.466 e. The molecule has 3 aromatic rings. The van der Waals surface area contributed by atoms with Gasteiger partial charge in [-0.25, -0.2) is 0 Å². The zero-order valence-electron chi connectivity index (χ0n) is 17.1. The maximum atomic E-state index is 13.3. The van der Waals surface area contributed by atoms with Crippen LogP contribution in [0.15, 0.2) is 53.1 Å². The van der Waals surface area contributed by atoms with Crippen molar-refractivity contribution < 1.29 is 18.8 Å². The molecule has 31 heavy (non-hydrogen) atoms. The summed E-state index contributed by atoms with van der Waals surface area (Å²) in [6, 6.07) is 14.2. The van der Waals surface area contributed by atoms with Gasteiger partial charge in [0.25, 0.3) is 11.8 Å². The number of aromatic nitrogens is 2. The number of likely N-dealkylation sites (tertiary alicyclic amines) is 1. The molecular formula is C23H22ClN3O4. The minimum Gasteiger partial charge on any atom is -0.466 e. The Labute approximate surface area is 185 Å². The quantitative estimate of drug-likeness (QED) is 0.545. The number of rotatable bonds is 5. The van der Waals surface area contributed by atoms with Crippen LogP contribution in [0.1, 0.15) is 30.1 Å². The fourth-order valence-electron chi connectivity index (χ4n) is 3.69. The van der Waals surface area contributed by atoms with Gasteiger partial charge < -0.3 is 14.2 Å². The average Bonchev–Trinajstić information content (AvgIpc) is 3.29. The number of benzene rings is 2. The number of hydrogen-bond acceptors (Lipinski definition) is 6. The second-order valence-electron chi connectivity index (χ2n) is 7.32. The van der Waals surface area contributed by atoms with E-state index in [1.54, 1.807) is 54.3 Å². The lowest BCUT2D eigenvalue weighted by Gasteiger charge is -2.31. The Balaban J connectivity index is 1.58. The number of esters is 1. The molecule has 1 atom stereocenters. The normalized spacial score (nSPS) is 16.2. The molecule has 160 valence electrons. The van der Waals surface area contributed by atoms with E-state index in [9.17, 15) is 9.59 Å². The maximum Gasteiger partial charge on any atom is 0.310 e. The fourth-order valence-corrected chi connectivity index (χ4v) is 3.82. The predicted molar refractivity (Wildman–Crippen MR) is 115 cm³/mol. The standard InChI is InChI=1S/C23H22ClN3O4/c1-2-30-23(29)16-6-5-13-27(14-16)22(28)19-8-4-3-7-18(19)21-25-20(26-31-21)15-9-11-17(24)12-10-15/h3-4,7-12,16H,2,5-6,13-14H2,1H3/t16-/m1/s1. The molecule has 1 amide bonds. The number of ether oxygens (including phenoxy) is 1. The first-order valence-corrected chi connectivity index (χ1v) is 10.6. The summed E-state index contributed by atoms with van der Waals surface area (Å²) < 4.78 is 10.6. The summed E-state index contributed by atoms with van der Waals surface area (Å²) in [6.07, 6.45) is 1.47. The first kappa shape index (κ1) is 21.1. The van der Waals surface area contributed by atoms with E-state index >= 15 is 0 Å². The van der Waals surface area contributed by atoms with E-state index in [2.05, 4.69) is 10.1 Å². The highest BCUT2D eigenvalue weighted by Gasteiger charge is 2.31. The number of carbonyl (C=O) groups is 2. The summed E-state index contributed by atoms with van der Waals surface area (Å²) in [6.45, 7) is 3.04. The Morgan fingerprint density at radius 3 is 2.74 bits per heavy atom. The second kappa shape index (κ2) is 9.31. The van der Waals surface area contributed by atoms with Crippen LogP contribution in [-0.2, 0) is 9.53 Å². The van der Waals surface area contributed by atoms with Gasteiger partial charge in [0.15, 0.2) is 0 Å². The first-order valence-electron chi connectivity index (χ1n) is 10.2. The molecule has 0 saturated carbocycles. The molecule has 1 aliphatic heterocycles. The van der Waals surface area contributed by atoms with Crippen LogP contribution < -0.4 is 0 Å². The average molecular weight is 440 g/mol. The number of hydrogen-bond donors (Lipinski definition) is 0. The lowest BCUT2D eigenvalue weighted by molar-refractivity contribution is -0.149. The number of carbonyl (C=O) groups excluding carboxylic acids is 2. The van der Waals surface area contributed by atoms with Crippen LogP contribution in [0.3, 0.4) is 0 Å².